The van der Waals surface area contributed by atoms with Gasteiger partial charge in [0.05, 0.1) is 13.2 Å². The maximum Gasteiger partial charge on any atom is 0.305 e. The molecule has 0 spiro atoms. The van der Waals surface area contributed by atoms with Crippen molar-refractivity contribution in [2.45, 2.75) is 57.5 Å². The van der Waals surface area contributed by atoms with E-state index in [0.29, 0.717) is 12.5 Å². The van der Waals surface area contributed by atoms with Crippen LogP contribution >= 0.6 is 0 Å². The first kappa shape index (κ1) is 24.5. The summed E-state index contributed by atoms with van der Waals surface area (Å²) in [5, 5.41) is 3.97. The van der Waals surface area contributed by atoms with Crippen LogP contribution in [0.2, 0.25) is 0 Å². The zero-order chi connectivity index (χ0) is 23.8. The van der Waals surface area contributed by atoms with Crippen LogP contribution in [-0.4, -0.2) is 19.1 Å². The Bertz CT molecular complexity index is 912. The van der Waals surface area contributed by atoms with E-state index in [4.69, 9.17) is 4.74 Å². The first-order valence-corrected chi connectivity index (χ1v) is 12.9. The fraction of sp³-hybridized carbons (Fsp3) is 0.452. The third-order valence-corrected chi connectivity index (χ3v) is 7.70. The van der Waals surface area contributed by atoms with Gasteiger partial charge in [-0.1, -0.05) is 85.0 Å². The molecule has 2 bridgehead atoms. The lowest BCUT2D eigenvalue weighted by Crippen LogP contribution is -2.35. The average molecular weight is 458 g/mol. The van der Waals surface area contributed by atoms with Crippen molar-refractivity contribution in [3.8, 4) is 0 Å². The number of hydrogen-bond donors (Lipinski definition) is 1. The third-order valence-electron chi connectivity index (χ3n) is 7.70. The number of hydrogen-bond acceptors (Lipinski definition) is 3. The topological polar surface area (TPSA) is 38.3 Å². The number of carbonyl (C=O) groups is 1. The lowest BCUT2D eigenvalue weighted by atomic mass is 9.77. The molecule has 0 amide bonds. The van der Waals surface area contributed by atoms with E-state index >= 15 is 0 Å². The van der Waals surface area contributed by atoms with Gasteiger partial charge < -0.3 is 10.1 Å². The van der Waals surface area contributed by atoms with Crippen molar-refractivity contribution in [1.82, 2.24) is 5.32 Å². The molecule has 1 fully saturated rings. The summed E-state index contributed by atoms with van der Waals surface area (Å²) in [6, 6.07) is 22.2. The van der Waals surface area contributed by atoms with E-state index in [9.17, 15) is 4.79 Å². The molecule has 2 aromatic rings. The average Bonchev–Trinajstić information content (AvgIpc) is 3.48. The molecule has 0 aliphatic heterocycles. The zero-order valence-electron chi connectivity index (χ0n) is 20.6. The second-order valence-corrected chi connectivity index (χ2v) is 10.0. The highest BCUT2D eigenvalue weighted by molar-refractivity contribution is 5.69. The summed E-state index contributed by atoms with van der Waals surface area (Å²) in [5.41, 5.74) is 2.64. The molecule has 2 aliphatic rings. The molecule has 1 N–H and O–H groups in total. The molecule has 0 aromatic heterocycles. The van der Waals surface area contributed by atoms with Gasteiger partial charge in [0.2, 0.25) is 0 Å². The van der Waals surface area contributed by atoms with E-state index in [0.717, 1.165) is 42.9 Å². The van der Waals surface area contributed by atoms with Crippen LogP contribution in [0.4, 0.5) is 0 Å². The van der Waals surface area contributed by atoms with Crippen LogP contribution in [0, 0.1) is 23.7 Å². The number of ether oxygens (including phenoxy) is 1. The van der Waals surface area contributed by atoms with Crippen molar-refractivity contribution in [3.63, 3.8) is 0 Å². The maximum atomic E-state index is 11.3. The van der Waals surface area contributed by atoms with E-state index in [1.807, 2.05) is 0 Å². The van der Waals surface area contributed by atoms with Crippen LogP contribution in [-0.2, 0) is 9.53 Å². The Morgan fingerprint density at radius 3 is 2.21 bits per heavy atom. The normalized spacial score (nSPS) is 24.2. The van der Waals surface area contributed by atoms with Crippen LogP contribution in [0.25, 0.3) is 0 Å². The van der Waals surface area contributed by atoms with E-state index in [2.05, 4.69) is 97.2 Å². The molecule has 5 atom stereocenters. The highest BCUT2D eigenvalue weighted by atomic mass is 16.5. The van der Waals surface area contributed by atoms with Crippen LogP contribution < -0.4 is 5.32 Å². The smallest absolute Gasteiger partial charge is 0.305 e. The largest absolute Gasteiger partial charge is 0.469 e. The van der Waals surface area contributed by atoms with Gasteiger partial charge in [-0.3, -0.25) is 4.79 Å². The molecule has 0 radical (unpaired) electrons. The lowest BCUT2D eigenvalue weighted by molar-refractivity contribution is -0.140. The fourth-order valence-electron chi connectivity index (χ4n) is 6.00. The van der Waals surface area contributed by atoms with E-state index in [1.165, 1.54) is 31.1 Å². The quantitative estimate of drug-likeness (QED) is 0.215. The van der Waals surface area contributed by atoms with Gasteiger partial charge in [0.15, 0.2) is 0 Å². The molecular weight excluding hydrogens is 418 g/mol. The number of nitrogens with one attached hydrogen (secondary N) is 1. The number of esters is 1. The fourth-order valence-corrected chi connectivity index (χ4v) is 6.00. The van der Waals surface area contributed by atoms with Crippen LogP contribution in [0.5, 0.6) is 0 Å². The molecular formula is C31H39NO2. The Hall–Kier alpha value is -2.65. The molecule has 3 heteroatoms. The zero-order valence-corrected chi connectivity index (χ0v) is 20.6. The number of benzene rings is 2. The van der Waals surface area contributed by atoms with E-state index in [1.54, 1.807) is 0 Å². The SMILES string of the molecule is COC(=O)CCC/C=C\CC1C2C=CC(C2)C1CC(C)NC(c1ccccc1)c1ccccc1. The number of carbonyl (C=O) groups excluding carboxylic acids is 1. The van der Waals surface area contributed by atoms with Crippen LogP contribution in [0.15, 0.2) is 85.0 Å². The molecule has 1 saturated carbocycles. The van der Waals surface area contributed by atoms with Gasteiger partial charge in [-0.2, -0.15) is 0 Å². The van der Waals surface area contributed by atoms with Crippen molar-refractivity contribution in [2.24, 2.45) is 23.7 Å². The molecule has 3 nitrogen and oxygen atoms in total. The minimum atomic E-state index is -0.113. The summed E-state index contributed by atoms with van der Waals surface area (Å²) >= 11 is 0. The van der Waals surface area contributed by atoms with Crippen LogP contribution in [0.1, 0.15) is 62.6 Å². The van der Waals surface area contributed by atoms with Crippen molar-refractivity contribution in [2.75, 3.05) is 7.11 Å². The first-order chi connectivity index (χ1) is 16.7. The standard InChI is InChI=1S/C31H39NO2/c1-23(32-31(24-13-7-5-8-14-24)25-15-9-6-10-16-25)21-29-27-20-19-26(22-27)28(29)17-11-3-4-12-18-30(33)34-2/h3,5-11,13-16,19-20,23,26-29,31-32H,4,12,17-18,21-22H2,1-2H3/b11-3-. The van der Waals surface area contributed by atoms with E-state index < -0.39 is 0 Å². The van der Waals surface area contributed by atoms with Gasteiger partial charge >= 0.3 is 5.97 Å². The summed E-state index contributed by atoms with van der Waals surface area (Å²) in [4.78, 5) is 11.3. The minimum absolute atomic E-state index is 0.113. The minimum Gasteiger partial charge on any atom is -0.469 e. The Kier molecular flexibility index (Phi) is 8.76. The predicted molar refractivity (Wildman–Crippen MR) is 139 cm³/mol. The van der Waals surface area contributed by atoms with Crippen molar-refractivity contribution in [1.29, 1.82) is 0 Å². The molecule has 5 unspecified atom stereocenters. The van der Waals surface area contributed by atoms with Crippen molar-refractivity contribution < 1.29 is 9.53 Å². The highest BCUT2D eigenvalue weighted by Crippen LogP contribution is 2.51. The number of fused-ring (bicyclic) bond motifs is 2. The molecule has 0 saturated heterocycles. The third kappa shape index (κ3) is 6.27. The second-order valence-electron chi connectivity index (χ2n) is 10.0. The second kappa shape index (κ2) is 12.2. The van der Waals surface area contributed by atoms with Gasteiger partial charge in [0.25, 0.3) is 0 Å². The molecule has 2 aromatic carbocycles. The number of rotatable bonds is 12. The molecule has 0 heterocycles. The van der Waals surface area contributed by atoms with Gasteiger partial charge in [-0.25, -0.2) is 0 Å². The highest BCUT2D eigenvalue weighted by Gasteiger charge is 2.43. The Balaban J connectivity index is 1.36. The van der Waals surface area contributed by atoms with Gasteiger partial charge in [0, 0.05) is 12.5 Å². The maximum absolute atomic E-state index is 11.3. The van der Waals surface area contributed by atoms with Crippen molar-refractivity contribution >= 4 is 5.97 Å². The number of unbranched alkanes of at least 4 members (excludes halogenated alkanes) is 1. The van der Waals surface area contributed by atoms with Gasteiger partial charge in [-0.05, 0) is 73.8 Å². The summed E-state index contributed by atoms with van der Waals surface area (Å²) < 4.78 is 4.73. The monoisotopic (exact) mass is 457 g/mol. The lowest BCUT2D eigenvalue weighted by Gasteiger charge is -2.32. The first-order valence-electron chi connectivity index (χ1n) is 12.9. The Morgan fingerprint density at radius 1 is 0.971 bits per heavy atom. The predicted octanol–water partition coefficient (Wildman–Crippen LogP) is 6.87. The molecule has 180 valence electrons. The van der Waals surface area contributed by atoms with Crippen molar-refractivity contribution in [3.05, 3.63) is 96.1 Å². The molecule has 2 aliphatic carbocycles. The molecule has 34 heavy (non-hydrogen) atoms. The van der Waals surface area contributed by atoms with E-state index in [-0.39, 0.29) is 12.0 Å². The van der Waals surface area contributed by atoms with Crippen LogP contribution in [0.3, 0.4) is 0 Å². The van der Waals surface area contributed by atoms with Gasteiger partial charge in [0.1, 0.15) is 0 Å². The Morgan fingerprint density at radius 2 is 1.59 bits per heavy atom. The Labute approximate surface area is 205 Å². The van der Waals surface area contributed by atoms with Gasteiger partial charge in [-0.15, -0.1) is 0 Å². The summed E-state index contributed by atoms with van der Waals surface area (Å²) in [7, 11) is 1.46. The number of allylic oxidation sites excluding steroid dienone is 4. The number of methoxy groups -OCH3 is 1. The summed E-state index contributed by atoms with van der Waals surface area (Å²) in [6.07, 6.45) is 15.5. The molecule has 4 rings (SSSR count). The summed E-state index contributed by atoms with van der Waals surface area (Å²) in [5.74, 6) is 2.78. The summed E-state index contributed by atoms with van der Waals surface area (Å²) in [6.45, 7) is 2.36.